The Labute approximate surface area is 213 Å². The molecule has 0 aromatic heterocycles. The summed E-state index contributed by atoms with van der Waals surface area (Å²) in [6, 6.07) is 20.0. The van der Waals surface area contributed by atoms with Gasteiger partial charge in [0.05, 0.1) is 29.8 Å². The van der Waals surface area contributed by atoms with Gasteiger partial charge in [-0.25, -0.2) is 0 Å². The second-order valence-electron chi connectivity index (χ2n) is 10.1. The first-order chi connectivity index (χ1) is 15.6. The standard InChI is InChI=1S/C26H37IO5Si/c1-26(2,3)33(4,5)31-18-21-22(27)23(29-16-19-12-8-6-9-13-19)24(25(28)32-21)30-17-20-14-10-7-11-15-20/h6-15,21-25,28H,16-18H2,1-5H3/t21-,22+,23+,24-,25+/m1/s1. The topological polar surface area (TPSA) is 57.2 Å². The Morgan fingerprint density at radius 1 is 0.879 bits per heavy atom. The van der Waals surface area contributed by atoms with Crippen molar-refractivity contribution in [2.24, 2.45) is 0 Å². The van der Waals surface area contributed by atoms with Crippen LogP contribution in [0.3, 0.4) is 0 Å². The molecule has 1 saturated heterocycles. The monoisotopic (exact) mass is 584 g/mol. The summed E-state index contributed by atoms with van der Waals surface area (Å²) >= 11 is 2.37. The molecule has 1 fully saturated rings. The highest BCUT2D eigenvalue weighted by Gasteiger charge is 2.47. The lowest BCUT2D eigenvalue weighted by atomic mass is 10.0. The van der Waals surface area contributed by atoms with Crippen molar-refractivity contribution in [1.82, 2.24) is 0 Å². The summed E-state index contributed by atoms with van der Waals surface area (Å²) in [6.45, 7) is 12.4. The fraction of sp³-hybridized carbons (Fsp3) is 0.538. The Hall–Kier alpha value is -0.813. The lowest BCUT2D eigenvalue weighted by molar-refractivity contribution is -0.269. The van der Waals surface area contributed by atoms with Crippen molar-refractivity contribution in [1.29, 1.82) is 0 Å². The van der Waals surface area contributed by atoms with Gasteiger partial charge >= 0.3 is 0 Å². The summed E-state index contributed by atoms with van der Waals surface area (Å²) in [5.41, 5.74) is 2.12. The lowest BCUT2D eigenvalue weighted by Crippen LogP contribution is -2.59. The number of hydrogen-bond donors (Lipinski definition) is 1. The first kappa shape index (κ1) is 26.8. The minimum Gasteiger partial charge on any atom is -0.414 e. The highest BCUT2D eigenvalue weighted by Crippen LogP contribution is 2.38. The second-order valence-corrected chi connectivity index (χ2v) is 16.4. The maximum absolute atomic E-state index is 10.9. The van der Waals surface area contributed by atoms with E-state index in [-0.39, 0.29) is 21.2 Å². The van der Waals surface area contributed by atoms with E-state index in [4.69, 9.17) is 18.6 Å². The molecule has 2 aromatic rings. The second kappa shape index (κ2) is 11.7. The van der Waals surface area contributed by atoms with Gasteiger partial charge in [0.25, 0.3) is 0 Å². The molecule has 33 heavy (non-hydrogen) atoms. The maximum atomic E-state index is 10.9. The third-order valence-electron chi connectivity index (χ3n) is 6.57. The lowest BCUT2D eigenvalue weighted by Gasteiger charge is -2.44. The van der Waals surface area contributed by atoms with Crippen LogP contribution >= 0.6 is 22.6 Å². The van der Waals surface area contributed by atoms with Crippen molar-refractivity contribution < 1.29 is 23.7 Å². The smallest absolute Gasteiger partial charge is 0.192 e. The molecule has 1 aliphatic rings. The molecule has 5 atom stereocenters. The summed E-state index contributed by atoms with van der Waals surface area (Å²) in [4.78, 5) is 0. The third kappa shape index (κ3) is 7.33. The van der Waals surface area contributed by atoms with Gasteiger partial charge in [-0.1, -0.05) is 104 Å². The largest absolute Gasteiger partial charge is 0.414 e. The van der Waals surface area contributed by atoms with Crippen LogP contribution in [0.1, 0.15) is 31.9 Å². The van der Waals surface area contributed by atoms with E-state index in [0.29, 0.717) is 19.8 Å². The number of benzene rings is 2. The van der Waals surface area contributed by atoms with Crippen LogP contribution in [-0.2, 0) is 31.9 Å². The number of alkyl halides is 1. The van der Waals surface area contributed by atoms with Gasteiger partial charge in [-0.2, -0.15) is 0 Å². The molecule has 5 nitrogen and oxygen atoms in total. The number of aliphatic hydroxyl groups excluding tert-OH is 1. The molecule has 0 aliphatic carbocycles. The minimum absolute atomic E-state index is 0.0414. The maximum Gasteiger partial charge on any atom is 0.192 e. The highest BCUT2D eigenvalue weighted by molar-refractivity contribution is 14.1. The normalized spacial score (nSPS) is 26.3. The van der Waals surface area contributed by atoms with E-state index >= 15 is 0 Å². The average molecular weight is 585 g/mol. The molecule has 0 saturated carbocycles. The van der Waals surface area contributed by atoms with Crippen LogP contribution in [0.15, 0.2) is 60.7 Å². The van der Waals surface area contributed by atoms with Gasteiger partial charge in [0.1, 0.15) is 12.2 Å². The molecular formula is C26H37IO5Si. The molecule has 3 rings (SSSR count). The Kier molecular flexibility index (Phi) is 9.53. The Balaban J connectivity index is 1.72. The van der Waals surface area contributed by atoms with Crippen LogP contribution in [0.4, 0.5) is 0 Å². The average Bonchev–Trinajstić information content (AvgIpc) is 2.78. The number of aliphatic hydroxyl groups is 1. The highest BCUT2D eigenvalue weighted by atomic mass is 127. The van der Waals surface area contributed by atoms with Gasteiger partial charge in [-0.15, -0.1) is 0 Å². The summed E-state index contributed by atoms with van der Waals surface area (Å²) in [5, 5.41) is 11.0. The van der Waals surface area contributed by atoms with Crippen molar-refractivity contribution >= 4 is 30.9 Å². The summed E-state index contributed by atoms with van der Waals surface area (Å²) < 4.78 is 24.9. The molecule has 0 radical (unpaired) electrons. The Morgan fingerprint density at radius 3 is 1.85 bits per heavy atom. The molecule has 0 amide bonds. The first-order valence-corrected chi connectivity index (χ1v) is 15.7. The van der Waals surface area contributed by atoms with Gasteiger partial charge in [-0.3, -0.25) is 0 Å². The van der Waals surface area contributed by atoms with E-state index in [1.807, 2.05) is 60.7 Å². The van der Waals surface area contributed by atoms with E-state index in [1.165, 1.54) is 0 Å². The van der Waals surface area contributed by atoms with Crippen molar-refractivity contribution in [3.8, 4) is 0 Å². The summed E-state index contributed by atoms with van der Waals surface area (Å²) in [5.74, 6) is 0. The fourth-order valence-electron chi connectivity index (χ4n) is 3.42. The molecule has 1 aliphatic heterocycles. The SMILES string of the molecule is CC(C)(C)[Si](C)(C)OC[C@H]1O[C@H](O)[C@H](OCc2ccccc2)[C@@H](OCc2ccccc2)[C@H]1I. The van der Waals surface area contributed by atoms with E-state index in [0.717, 1.165) is 11.1 Å². The molecular weight excluding hydrogens is 547 g/mol. The molecule has 2 aromatic carbocycles. The summed E-state index contributed by atoms with van der Waals surface area (Å²) in [6.07, 6.45) is -2.31. The number of rotatable bonds is 9. The third-order valence-corrected chi connectivity index (χ3v) is 12.6. The van der Waals surface area contributed by atoms with Crippen molar-refractivity contribution in [2.75, 3.05) is 6.61 Å². The molecule has 7 heteroatoms. The van der Waals surface area contributed by atoms with Crippen molar-refractivity contribution in [2.45, 2.75) is 80.6 Å². The van der Waals surface area contributed by atoms with Crippen molar-refractivity contribution in [3.05, 3.63) is 71.8 Å². The molecule has 1 heterocycles. The van der Waals surface area contributed by atoms with Crippen LogP contribution in [0.5, 0.6) is 0 Å². The zero-order chi connectivity index (χ0) is 24.1. The summed E-state index contributed by atoms with van der Waals surface area (Å²) in [7, 11) is -1.95. The first-order valence-electron chi connectivity index (χ1n) is 11.5. The van der Waals surface area contributed by atoms with Gasteiger partial charge < -0.3 is 23.7 Å². The van der Waals surface area contributed by atoms with Crippen molar-refractivity contribution in [3.63, 3.8) is 0 Å². The number of halogens is 1. The van der Waals surface area contributed by atoms with Crippen LogP contribution in [0.2, 0.25) is 18.1 Å². The predicted molar refractivity (Wildman–Crippen MR) is 142 cm³/mol. The molecule has 1 N–H and O–H groups in total. The van der Waals surface area contributed by atoms with E-state index in [9.17, 15) is 5.11 Å². The Morgan fingerprint density at radius 2 is 1.36 bits per heavy atom. The molecule has 182 valence electrons. The van der Waals surface area contributed by atoms with Crippen LogP contribution in [-0.4, -0.2) is 48.6 Å². The van der Waals surface area contributed by atoms with E-state index in [2.05, 4.69) is 56.5 Å². The van der Waals surface area contributed by atoms with E-state index in [1.54, 1.807) is 0 Å². The predicted octanol–water partition coefficient (Wildman–Crippen LogP) is 5.70. The Bertz CT molecular complexity index is 843. The number of ether oxygens (including phenoxy) is 3. The van der Waals surface area contributed by atoms with Crippen LogP contribution < -0.4 is 0 Å². The number of hydrogen-bond acceptors (Lipinski definition) is 5. The zero-order valence-electron chi connectivity index (χ0n) is 20.2. The minimum atomic E-state index is -1.95. The van der Waals surface area contributed by atoms with Gasteiger partial charge in [0, 0.05) is 0 Å². The van der Waals surface area contributed by atoms with Gasteiger partial charge in [0.15, 0.2) is 14.6 Å². The molecule has 0 spiro atoms. The van der Waals surface area contributed by atoms with Gasteiger partial charge in [-0.05, 0) is 29.3 Å². The van der Waals surface area contributed by atoms with E-state index < -0.39 is 20.7 Å². The fourth-order valence-corrected chi connectivity index (χ4v) is 5.43. The zero-order valence-corrected chi connectivity index (χ0v) is 23.4. The quantitative estimate of drug-likeness (QED) is 0.233. The molecule has 0 bridgehead atoms. The molecule has 0 unspecified atom stereocenters. The van der Waals surface area contributed by atoms with Gasteiger partial charge in [0.2, 0.25) is 0 Å². The van der Waals surface area contributed by atoms with Crippen LogP contribution in [0.25, 0.3) is 0 Å². The van der Waals surface area contributed by atoms with Crippen LogP contribution in [0, 0.1) is 0 Å².